The molecule has 5 nitrogen and oxygen atoms in total. The fourth-order valence-corrected chi connectivity index (χ4v) is 4.93. The lowest BCUT2D eigenvalue weighted by Gasteiger charge is -2.40. The van der Waals surface area contributed by atoms with E-state index in [-0.39, 0.29) is 11.3 Å². The lowest BCUT2D eigenvalue weighted by Crippen LogP contribution is -2.44. The number of hydrogen-bond donors (Lipinski definition) is 1. The third kappa shape index (κ3) is 2.65. The number of likely N-dealkylation sites (tertiary alicyclic amines) is 1. The third-order valence-corrected chi connectivity index (χ3v) is 6.32. The topological polar surface area (TPSA) is 61.9 Å². The van der Waals surface area contributed by atoms with Crippen LogP contribution >= 0.6 is 0 Å². The normalized spacial score (nSPS) is 20.6. The van der Waals surface area contributed by atoms with Gasteiger partial charge < -0.3 is 9.88 Å². The number of rotatable bonds is 2. The molecule has 5 rings (SSSR count). The van der Waals surface area contributed by atoms with Crippen LogP contribution in [0.1, 0.15) is 52.4 Å². The Bertz CT molecular complexity index is 943. The zero-order valence-electron chi connectivity index (χ0n) is 15.1. The second kappa shape index (κ2) is 6.34. The Kier molecular flexibility index (Phi) is 3.81. The number of fused-ring (bicyclic) bond motifs is 2. The van der Waals surface area contributed by atoms with Crippen LogP contribution in [0.15, 0.2) is 61.3 Å². The number of H-pyrrole nitrogens is 1. The van der Waals surface area contributed by atoms with Crippen LogP contribution in [0, 0.1) is 0 Å². The molecule has 0 unspecified atom stereocenters. The van der Waals surface area contributed by atoms with Crippen molar-refractivity contribution in [3.05, 3.63) is 83.7 Å². The molecule has 27 heavy (non-hydrogen) atoms. The van der Waals surface area contributed by atoms with E-state index in [1.165, 1.54) is 16.7 Å². The number of aromatic nitrogens is 3. The standard InChI is InChI=1S/C22H22N4O/c27-21(20-6-3-9-25-20)26-10-7-22(8-11-26)12-18(16-13-23-15-24-14-16)17-4-1-2-5-19(17)22/h1-6,9,13-15,18,25H,7-8,10-12H2/t18-/m0/s1. The molecule has 1 amide bonds. The van der Waals surface area contributed by atoms with Gasteiger partial charge in [-0.05, 0) is 53.5 Å². The Morgan fingerprint density at radius 3 is 2.59 bits per heavy atom. The second-order valence-electron chi connectivity index (χ2n) is 7.67. The van der Waals surface area contributed by atoms with Gasteiger partial charge in [0.05, 0.1) is 0 Å². The zero-order chi connectivity index (χ0) is 18.3. The predicted octanol–water partition coefficient (Wildman–Crippen LogP) is 3.51. The first-order chi connectivity index (χ1) is 13.3. The van der Waals surface area contributed by atoms with E-state index in [0.29, 0.717) is 11.6 Å². The van der Waals surface area contributed by atoms with Crippen LogP contribution in [-0.4, -0.2) is 38.8 Å². The smallest absolute Gasteiger partial charge is 0.270 e. The minimum absolute atomic E-state index is 0.106. The monoisotopic (exact) mass is 358 g/mol. The van der Waals surface area contributed by atoms with Crippen molar-refractivity contribution in [1.82, 2.24) is 19.9 Å². The molecule has 1 aliphatic carbocycles. The van der Waals surface area contributed by atoms with E-state index in [1.54, 1.807) is 12.5 Å². The first-order valence-corrected chi connectivity index (χ1v) is 9.54. The number of carbonyl (C=O) groups excluding carboxylic acids is 1. The average Bonchev–Trinajstić information content (AvgIpc) is 3.37. The van der Waals surface area contributed by atoms with Crippen LogP contribution in [-0.2, 0) is 5.41 Å². The van der Waals surface area contributed by atoms with Gasteiger partial charge in [-0.25, -0.2) is 9.97 Å². The average molecular weight is 358 g/mol. The van der Waals surface area contributed by atoms with Gasteiger partial charge >= 0.3 is 0 Å². The van der Waals surface area contributed by atoms with E-state index >= 15 is 0 Å². The number of amides is 1. The molecule has 1 N–H and O–H groups in total. The number of aromatic amines is 1. The van der Waals surface area contributed by atoms with Crippen LogP contribution < -0.4 is 0 Å². The maximum absolute atomic E-state index is 12.7. The second-order valence-corrected chi connectivity index (χ2v) is 7.67. The summed E-state index contributed by atoms with van der Waals surface area (Å²) in [5.41, 5.74) is 4.86. The van der Waals surface area contributed by atoms with Crippen molar-refractivity contribution in [2.45, 2.75) is 30.6 Å². The van der Waals surface area contributed by atoms with Crippen molar-refractivity contribution >= 4 is 5.91 Å². The van der Waals surface area contributed by atoms with Crippen molar-refractivity contribution in [3.8, 4) is 0 Å². The van der Waals surface area contributed by atoms with Crippen molar-refractivity contribution in [2.24, 2.45) is 0 Å². The third-order valence-electron chi connectivity index (χ3n) is 6.32. The fourth-order valence-electron chi connectivity index (χ4n) is 4.93. The van der Waals surface area contributed by atoms with Gasteiger partial charge in [-0.3, -0.25) is 4.79 Å². The molecule has 1 aromatic carbocycles. The summed E-state index contributed by atoms with van der Waals surface area (Å²) < 4.78 is 0. The Morgan fingerprint density at radius 1 is 1.07 bits per heavy atom. The number of hydrogen-bond acceptors (Lipinski definition) is 3. The van der Waals surface area contributed by atoms with E-state index in [0.717, 1.165) is 32.4 Å². The summed E-state index contributed by atoms with van der Waals surface area (Å²) in [6.07, 6.45) is 10.4. The van der Waals surface area contributed by atoms with Gasteiger partial charge in [-0.2, -0.15) is 0 Å². The van der Waals surface area contributed by atoms with Gasteiger partial charge in [-0.15, -0.1) is 0 Å². The molecule has 2 aliphatic rings. The van der Waals surface area contributed by atoms with E-state index in [1.807, 2.05) is 29.4 Å². The summed E-state index contributed by atoms with van der Waals surface area (Å²) in [5, 5.41) is 0. The molecule has 3 heterocycles. The lowest BCUT2D eigenvalue weighted by molar-refractivity contribution is 0.0659. The van der Waals surface area contributed by atoms with E-state index in [4.69, 9.17) is 0 Å². The fraction of sp³-hybridized carbons (Fsp3) is 0.318. The summed E-state index contributed by atoms with van der Waals surface area (Å²) >= 11 is 0. The molecular weight excluding hydrogens is 336 g/mol. The van der Waals surface area contributed by atoms with Crippen LogP contribution in [0.5, 0.6) is 0 Å². The Labute approximate surface area is 158 Å². The minimum Gasteiger partial charge on any atom is -0.357 e. The van der Waals surface area contributed by atoms with Gasteiger partial charge in [0.25, 0.3) is 5.91 Å². The molecular formula is C22H22N4O. The molecule has 1 spiro atoms. The highest BCUT2D eigenvalue weighted by Gasteiger charge is 2.46. The molecule has 3 aromatic rings. The van der Waals surface area contributed by atoms with Gasteiger partial charge in [-0.1, -0.05) is 24.3 Å². The highest BCUT2D eigenvalue weighted by molar-refractivity contribution is 5.92. The molecule has 0 bridgehead atoms. The minimum atomic E-state index is 0.106. The molecule has 5 heteroatoms. The molecule has 0 saturated carbocycles. The maximum atomic E-state index is 12.7. The molecule has 1 atom stereocenters. The SMILES string of the molecule is O=C(c1ccc[nH]1)N1CCC2(CC1)C[C@@H](c1cncnc1)c1ccccc12. The summed E-state index contributed by atoms with van der Waals surface area (Å²) in [4.78, 5) is 26.2. The van der Waals surface area contributed by atoms with Gasteiger partial charge in [0.15, 0.2) is 0 Å². The van der Waals surface area contributed by atoms with E-state index in [9.17, 15) is 4.79 Å². The highest BCUT2D eigenvalue weighted by Crippen LogP contribution is 2.53. The van der Waals surface area contributed by atoms with Gasteiger partial charge in [0.1, 0.15) is 12.0 Å². The quantitative estimate of drug-likeness (QED) is 0.762. The number of benzene rings is 1. The van der Waals surface area contributed by atoms with Gasteiger partial charge in [0, 0.05) is 37.6 Å². The Balaban J connectivity index is 1.42. The molecule has 136 valence electrons. The van der Waals surface area contributed by atoms with Crippen molar-refractivity contribution < 1.29 is 4.79 Å². The summed E-state index contributed by atoms with van der Waals surface area (Å²) in [6, 6.07) is 12.5. The molecule has 1 aliphatic heterocycles. The summed E-state index contributed by atoms with van der Waals surface area (Å²) in [6.45, 7) is 1.59. The first-order valence-electron chi connectivity index (χ1n) is 9.54. The van der Waals surface area contributed by atoms with Gasteiger partial charge in [0.2, 0.25) is 0 Å². The molecule has 2 aromatic heterocycles. The van der Waals surface area contributed by atoms with E-state index in [2.05, 4.69) is 39.2 Å². The van der Waals surface area contributed by atoms with Crippen LogP contribution in [0.3, 0.4) is 0 Å². The Hall–Kier alpha value is -2.95. The molecule has 1 fully saturated rings. The van der Waals surface area contributed by atoms with Crippen LogP contribution in [0.25, 0.3) is 0 Å². The predicted molar refractivity (Wildman–Crippen MR) is 103 cm³/mol. The number of piperidine rings is 1. The molecule has 0 radical (unpaired) electrons. The van der Waals surface area contributed by atoms with E-state index < -0.39 is 0 Å². The molecule has 1 saturated heterocycles. The van der Waals surface area contributed by atoms with Crippen molar-refractivity contribution in [2.75, 3.05) is 13.1 Å². The summed E-state index contributed by atoms with van der Waals surface area (Å²) in [7, 11) is 0. The lowest BCUT2D eigenvalue weighted by atomic mass is 9.73. The van der Waals surface area contributed by atoms with Crippen LogP contribution in [0.2, 0.25) is 0 Å². The zero-order valence-corrected chi connectivity index (χ0v) is 15.1. The van der Waals surface area contributed by atoms with Crippen LogP contribution in [0.4, 0.5) is 0 Å². The van der Waals surface area contributed by atoms with Crippen molar-refractivity contribution in [3.63, 3.8) is 0 Å². The first kappa shape index (κ1) is 16.2. The summed E-state index contributed by atoms with van der Waals surface area (Å²) in [5.74, 6) is 0.446. The highest BCUT2D eigenvalue weighted by atomic mass is 16.2. The number of carbonyl (C=O) groups is 1. The number of nitrogens with one attached hydrogen (secondary N) is 1. The number of nitrogens with zero attached hydrogens (tertiary/aromatic N) is 3. The maximum Gasteiger partial charge on any atom is 0.270 e. The Morgan fingerprint density at radius 2 is 1.85 bits per heavy atom. The largest absolute Gasteiger partial charge is 0.357 e. The van der Waals surface area contributed by atoms with Crippen molar-refractivity contribution in [1.29, 1.82) is 0 Å².